The SMILES string of the molecule is C1=C(c2ccccc2Oc2ccccc2)c2nccc(=NCCc3ccccn3)n2CC2CC12. The minimum atomic E-state index is 0.572. The summed E-state index contributed by atoms with van der Waals surface area (Å²) in [7, 11) is 0. The Hall–Kier alpha value is -3.99. The van der Waals surface area contributed by atoms with E-state index < -0.39 is 0 Å². The monoisotopic (exact) mass is 446 g/mol. The zero-order valence-corrected chi connectivity index (χ0v) is 18.9. The van der Waals surface area contributed by atoms with Crippen molar-refractivity contribution in [3.63, 3.8) is 0 Å². The first-order chi connectivity index (χ1) is 16.8. The minimum Gasteiger partial charge on any atom is -0.457 e. The second-order valence-corrected chi connectivity index (χ2v) is 8.84. The van der Waals surface area contributed by atoms with Crippen molar-refractivity contribution < 1.29 is 4.74 Å². The van der Waals surface area contributed by atoms with Gasteiger partial charge in [-0.15, -0.1) is 0 Å². The van der Waals surface area contributed by atoms with Gasteiger partial charge in [0.1, 0.15) is 22.8 Å². The summed E-state index contributed by atoms with van der Waals surface area (Å²) in [6, 6.07) is 26.2. The number of para-hydroxylation sites is 2. The van der Waals surface area contributed by atoms with Gasteiger partial charge in [-0.2, -0.15) is 0 Å². The fraction of sp³-hybridized carbons (Fsp3) is 0.207. The Morgan fingerprint density at radius 2 is 1.74 bits per heavy atom. The van der Waals surface area contributed by atoms with Crippen LogP contribution < -0.4 is 10.2 Å². The van der Waals surface area contributed by atoms with E-state index >= 15 is 0 Å². The molecule has 0 spiro atoms. The van der Waals surface area contributed by atoms with Gasteiger partial charge in [0.2, 0.25) is 0 Å². The van der Waals surface area contributed by atoms with Crippen molar-refractivity contribution in [3.05, 3.63) is 120 Å². The number of hydrogen-bond donors (Lipinski definition) is 0. The van der Waals surface area contributed by atoms with Gasteiger partial charge in [0.05, 0.1) is 0 Å². The highest BCUT2D eigenvalue weighted by Gasteiger charge is 2.39. The molecule has 4 aromatic rings. The van der Waals surface area contributed by atoms with Crippen molar-refractivity contribution in [1.82, 2.24) is 14.5 Å². The first-order valence-electron chi connectivity index (χ1n) is 11.9. The van der Waals surface area contributed by atoms with Crippen molar-refractivity contribution in [2.75, 3.05) is 6.54 Å². The number of pyridine rings is 1. The summed E-state index contributed by atoms with van der Waals surface area (Å²) >= 11 is 0. The van der Waals surface area contributed by atoms with E-state index in [1.54, 1.807) is 0 Å². The molecule has 1 saturated carbocycles. The molecule has 1 aliphatic heterocycles. The van der Waals surface area contributed by atoms with Crippen LogP contribution in [0.5, 0.6) is 11.5 Å². The molecule has 2 unspecified atom stereocenters. The zero-order chi connectivity index (χ0) is 22.7. The molecule has 3 heterocycles. The number of aromatic nitrogens is 3. The van der Waals surface area contributed by atoms with Crippen LogP contribution >= 0.6 is 0 Å². The fourth-order valence-electron chi connectivity index (χ4n) is 4.62. The normalized spacial score (nSPS) is 18.9. The van der Waals surface area contributed by atoms with Gasteiger partial charge in [-0.3, -0.25) is 9.98 Å². The molecule has 0 N–H and O–H groups in total. The third-order valence-electron chi connectivity index (χ3n) is 6.48. The van der Waals surface area contributed by atoms with E-state index in [1.165, 1.54) is 6.42 Å². The average molecular weight is 447 g/mol. The molecule has 34 heavy (non-hydrogen) atoms. The van der Waals surface area contributed by atoms with Gasteiger partial charge in [-0.05, 0) is 54.7 Å². The molecule has 1 fully saturated rings. The summed E-state index contributed by atoms with van der Waals surface area (Å²) in [6.45, 7) is 1.64. The Bertz CT molecular complexity index is 1390. The molecule has 2 aromatic carbocycles. The lowest BCUT2D eigenvalue weighted by molar-refractivity contribution is 0.481. The van der Waals surface area contributed by atoms with E-state index in [0.717, 1.165) is 52.6 Å². The van der Waals surface area contributed by atoms with Crippen molar-refractivity contribution in [2.24, 2.45) is 16.8 Å². The van der Waals surface area contributed by atoms with Crippen LogP contribution in [0.4, 0.5) is 0 Å². The van der Waals surface area contributed by atoms with Gasteiger partial charge in [0.25, 0.3) is 0 Å². The number of fused-ring (bicyclic) bond motifs is 2. The first-order valence-corrected chi connectivity index (χ1v) is 11.9. The van der Waals surface area contributed by atoms with E-state index in [-0.39, 0.29) is 0 Å². The highest BCUT2D eigenvalue weighted by molar-refractivity contribution is 5.80. The molecular formula is C29H26N4O. The molecule has 0 radical (unpaired) electrons. The van der Waals surface area contributed by atoms with Gasteiger partial charge in [-0.25, -0.2) is 4.98 Å². The molecule has 168 valence electrons. The summed E-state index contributed by atoms with van der Waals surface area (Å²) in [5.74, 6) is 3.83. The Balaban J connectivity index is 1.38. The van der Waals surface area contributed by atoms with Crippen molar-refractivity contribution >= 4 is 5.57 Å². The second kappa shape index (κ2) is 9.10. The molecule has 5 heteroatoms. The molecule has 2 aliphatic rings. The first kappa shape index (κ1) is 20.6. The lowest BCUT2D eigenvalue weighted by Gasteiger charge is -2.17. The number of rotatable bonds is 6. The summed E-state index contributed by atoms with van der Waals surface area (Å²) < 4.78 is 8.60. The smallest absolute Gasteiger partial charge is 0.141 e. The summed E-state index contributed by atoms with van der Waals surface area (Å²) in [4.78, 5) is 14.2. The molecule has 1 aliphatic carbocycles. The van der Waals surface area contributed by atoms with Gasteiger partial charge in [0.15, 0.2) is 0 Å². The lowest BCUT2D eigenvalue weighted by Crippen LogP contribution is -2.26. The Kier molecular flexibility index (Phi) is 5.52. The third kappa shape index (κ3) is 4.29. The number of hydrogen-bond acceptors (Lipinski definition) is 4. The van der Waals surface area contributed by atoms with Gasteiger partial charge in [0, 0.05) is 48.7 Å². The fourth-order valence-corrected chi connectivity index (χ4v) is 4.62. The maximum Gasteiger partial charge on any atom is 0.141 e. The molecule has 0 amide bonds. The maximum atomic E-state index is 6.30. The van der Waals surface area contributed by atoms with Crippen LogP contribution in [0.2, 0.25) is 0 Å². The van der Waals surface area contributed by atoms with Gasteiger partial charge >= 0.3 is 0 Å². The van der Waals surface area contributed by atoms with E-state index in [2.05, 4.69) is 33.8 Å². The zero-order valence-electron chi connectivity index (χ0n) is 18.9. The Labute approximate surface area is 199 Å². The van der Waals surface area contributed by atoms with Gasteiger partial charge in [-0.1, -0.05) is 48.5 Å². The van der Waals surface area contributed by atoms with Gasteiger partial charge < -0.3 is 9.30 Å². The number of benzene rings is 2. The van der Waals surface area contributed by atoms with Crippen LogP contribution in [0.1, 0.15) is 23.5 Å². The van der Waals surface area contributed by atoms with E-state index in [4.69, 9.17) is 14.7 Å². The molecular weight excluding hydrogens is 420 g/mol. The molecule has 2 atom stereocenters. The average Bonchev–Trinajstić information content (AvgIpc) is 3.64. The van der Waals surface area contributed by atoms with Crippen LogP contribution in [0.3, 0.4) is 0 Å². The quantitative estimate of drug-likeness (QED) is 0.404. The number of ether oxygens (including phenoxy) is 1. The highest BCUT2D eigenvalue weighted by atomic mass is 16.5. The summed E-state index contributed by atoms with van der Waals surface area (Å²) in [5, 5.41) is 0. The number of nitrogens with zero attached hydrogens (tertiary/aromatic N) is 4. The minimum absolute atomic E-state index is 0.572. The topological polar surface area (TPSA) is 52.3 Å². The van der Waals surface area contributed by atoms with Crippen LogP contribution in [0, 0.1) is 11.8 Å². The van der Waals surface area contributed by atoms with E-state index in [0.29, 0.717) is 18.4 Å². The molecule has 5 nitrogen and oxygen atoms in total. The molecule has 2 aromatic heterocycles. The molecule has 0 saturated heterocycles. The predicted octanol–water partition coefficient (Wildman–Crippen LogP) is 5.30. The van der Waals surface area contributed by atoms with E-state index in [9.17, 15) is 0 Å². The maximum absolute atomic E-state index is 6.30. The predicted molar refractivity (Wildman–Crippen MR) is 132 cm³/mol. The lowest BCUT2D eigenvalue weighted by atomic mass is 10.0. The highest BCUT2D eigenvalue weighted by Crippen LogP contribution is 2.46. The van der Waals surface area contributed by atoms with Crippen LogP contribution in [-0.2, 0) is 13.0 Å². The summed E-state index contributed by atoms with van der Waals surface area (Å²) in [5.41, 5.74) is 4.22. The van der Waals surface area contributed by atoms with Crippen molar-refractivity contribution in [1.29, 1.82) is 0 Å². The van der Waals surface area contributed by atoms with E-state index in [1.807, 2.05) is 73.1 Å². The van der Waals surface area contributed by atoms with Crippen molar-refractivity contribution in [2.45, 2.75) is 19.4 Å². The molecule has 0 bridgehead atoms. The summed E-state index contributed by atoms with van der Waals surface area (Å²) in [6.07, 6.45) is 8.13. The number of allylic oxidation sites excluding steroid dienone is 1. The van der Waals surface area contributed by atoms with Crippen LogP contribution in [0.25, 0.3) is 5.57 Å². The van der Waals surface area contributed by atoms with Crippen LogP contribution in [-0.4, -0.2) is 21.1 Å². The van der Waals surface area contributed by atoms with Crippen molar-refractivity contribution in [3.8, 4) is 11.5 Å². The van der Waals surface area contributed by atoms with Crippen LogP contribution in [0.15, 0.2) is 102 Å². The molecule has 6 rings (SSSR count). The Morgan fingerprint density at radius 3 is 2.62 bits per heavy atom. The standard InChI is InChI=1S/C29H26N4O/c1-2-9-24(10-3-1)34-27-12-5-4-11-25(27)26-19-21-18-22(21)20-33-28(14-17-32-29(26)33)31-16-13-23-8-6-7-15-30-23/h1-12,14-15,17,19,21-22H,13,16,18,20H2. The Morgan fingerprint density at radius 1 is 0.882 bits per heavy atom. The second-order valence-electron chi connectivity index (χ2n) is 8.84. The third-order valence-corrected chi connectivity index (χ3v) is 6.48. The largest absolute Gasteiger partial charge is 0.457 e.